The summed E-state index contributed by atoms with van der Waals surface area (Å²) in [5, 5.41) is -0.486. The lowest BCUT2D eigenvalue weighted by Gasteiger charge is -2.19. The highest BCUT2D eigenvalue weighted by molar-refractivity contribution is 7.91. The molecule has 1 fully saturated rings. The van der Waals surface area contributed by atoms with E-state index >= 15 is 0 Å². The van der Waals surface area contributed by atoms with Crippen LogP contribution in [0.25, 0.3) is 11.2 Å². The second-order valence-electron chi connectivity index (χ2n) is 4.80. The summed E-state index contributed by atoms with van der Waals surface area (Å²) in [5.41, 5.74) is 2.48. The number of hydrogen-bond donors (Lipinski definition) is 1. The van der Waals surface area contributed by atoms with E-state index in [4.69, 9.17) is 0 Å². The van der Waals surface area contributed by atoms with Crippen molar-refractivity contribution in [1.29, 1.82) is 0 Å². The summed E-state index contributed by atoms with van der Waals surface area (Å²) < 4.78 is 24.1. The van der Waals surface area contributed by atoms with Crippen LogP contribution in [0.3, 0.4) is 0 Å². The Kier molecular flexibility index (Phi) is 2.62. The van der Waals surface area contributed by atoms with Gasteiger partial charge in [-0.15, -0.1) is 0 Å². The van der Waals surface area contributed by atoms with Crippen molar-refractivity contribution in [2.45, 2.75) is 31.4 Å². The predicted octanol–water partition coefficient (Wildman–Crippen LogP) is 1.91. The first kappa shape index (κ1) is 11.6. The first-order valence-electron chi connectivity index (χ1n) is 6.11. The zero-order valence-electron chi connectivity index (χ0n) is 10.2. The third kappa shape index (κ3) is 1.80. The minimum absolute atomic E-state index is 0.265. The number of aryl methyl sites for hydroxylation is 1. The molecule has 5 nitrogen and oxygen atoms in total. The second kappa shape index (κ2) is 4.05. The van der Waals surface area contributed by atoms with Crippen LogP contribution in [0.5, 0.6) is 0 Å². The van der Waals surface area contributed by atoms with E-state index in [2.05, 4.69) is 15.0 Å². The molecule has 3 rings (SSSR count). The highest BCUT2D eigenvalue weighted by atomic mass is 32.2. The van der Waals surface area contributed by atoms with E-state index in [-0.39, 0.29) is 5.75 Å². The van der Waals surface area contributed by atoms with E-state index < -0.39 is 15.1 Å². The van der Waals surface area contributed by atoms with E-state index in [1.807, 2.05) is 13.0 Å². The minimum Gasteiger partial charge on any atom is -0.339 e. The second-order valence-corrected chi connectivity index (χ2v) is 7.10. The highest BCUT2D eigenvalue weighted by Gasteiger charge is 2.32. The number of rotatable bonds is 1. The van der Waals surface area contributed by atoms with Crippen LogP contribution < -0.4 is 0 Å². The van der Waals surface area contributed by atoms with Crippen molar-refractivity contribution in [3.05, 3.63) is 23.7 Å². The Morgan fingerprint density at radius 3 is 2.94 bits per heavy atom. The van der Waals surface area contributed by atoms with E-state index in [0.717, 1.165) is 23.9 Å². The number of aromatic nitrogens is 3. The number of aromatic amines is 1. The molecule has 1 saturated heterocycles. The van der Waals surface area contributed by atoms with Crippen LogP contribution in [-0.4, -0.2) is 29.1 Å². The summed E-state index contributed by atoms with van der Waals surface area (Å²) >= 11 is 0. The van der Waals surface area contributed by atoms with Gasteiger partial charge < -0.3 is 4.98 Å². The lowest BCUT2D eigenvalue weighted by Crippen LogP contribution is -2.22. The molecule has 6 heteroatoms. The van der Waals surface area contributed by atoms with E-state index in [0.29, 0.717) is 17.9 Å². The number of sulfone groups is 1. The van der Waals surface area contributed by atoms with E-state index in [1.54, 1.807) is 6.20 Å². The van der Waals surface area contributed by atoms with Crippen LogP contribution >= 0.6 is 0 Å². The number of H-pyrrole nitrogens is 1. The average molecular weight is 265 g/mol. The molecule has 0 bridgehead atoms. The van der Waals surface area contributed by atoms with Crippen LogP contribution in [0.2, 0.25) is 0 Å². The molecule has 0 aliphatic carbocycles. The molecule has 0 saturated carbocycles. The molecule has 3 heterocycles. The molecular formula is C12H15N3O2S. The van der Waals surface area contributed by atoms with E-state index in [9.17, 15) is 8.42 Å². The van der Waals surface area contributed by atoms with Crippen molar-refractivity contribution in [2.75, 3.05) is 5.75 Å². The van der Waals surface area contributed by atoms with E-state index in [1.165, 1.54) is 0 Å². The molecule has 18 heavy (non-hydrogen) atoms. The summed E-state index contributed by atoms with van der Waals surface area (Å²) in [6.45, 7) is 1.96. The Bertz CT molecular complexity index is 690. The van der Waals surface area contributed by atoms with Crippen molar-refractivity contribution in [1.82, 2.24) is 15.0 Å². The maximum Gasteiger partial charge on any atom is 0.177 e. The van der Waals surface area contributed by atoms with Gasteiger partial charge in [0.05, 0.1) is 11.3 Å². The molecule has 0 radical (unpaired) electrons. The number of nitrogens with one attached hydrogen (secondary N) is 1. The Hall–Kier alpha value is -1.43. The van der Waals surface area contributed by atoms with Crippen molar-refractivity contribution < 1.29 is 8.42 Å². The first-order valence-corrected chi connectivity index (χ1v) is 7.82. The number of hydrogen-bond acceptors (Lipinski definition) is 4. The maximum absolute atomic E-state index is 12.1. The zero-order chi connectivity index (χ0) is 12.8. The third-order valence-electron chi connectivity index (χ3n) is 3.50. The molecule has 1 unspecified atom stereocenters. The molecule has 2 aromatic rings. The Labute approximate surface area is 106 Å². The molecule has 0 aromatic carbocycles. The summed E-state index contributed by atoms with van der Waals surface area (Å²) in [7, 11) is -3.06. The smallest absolute Gasteiger partial charge is 0.177 e. The lowest BCUT2D eigenvalue weighted by atomic mass is 10.2. The molecular weight excluding hydrogens is 250 g/mol. The van der Waals surface area contributed by atoms with Gasteiger partial charge in [0.1, 0.15) is 11.1 Å². The Morgan fingerprint density at radius 2 is 2.22 bits per heavy atom. The predicted molar refractivity (Wildman–Crippen MR) is 69.0 cm³/mol. The SMILES string of the molecule is Cc1ccnc2nc(C3CCCCS3(=O)=O)[nH]c12. The first-order chi connectivity index (χ1) is 8.58. The summed E-state index contributed by atoms with van der Waals surface area (Å²) in [5.74, 6) is 0.813. The third-order valence-corrected chi connectivity index (χ3v) is 5.69. The van der Waals surface area contributed by atoms with Gasteiger partial charge in [-0.25, -0.2) is 18.4 Å². The van der Waals surface area contributed by atoms with Crippen LogP contribution in [-0.2, 0) is 9.84 Å². The van der Waals surface area contributed by atoms with Gasteiger partial charge in [-0.2, -0.15) is 0 Å². The number of fused-ring (bicyclic) bond motifs is 1. The standard InChI is InChI=1S/C12H15N3O2S/c1-8-5-6-13-12-10(8)14-11(15-12)9-4-2-3-7-18(9,16)17/h5-6,9H,2-4,7H2,1H3,(H,13,14,15). The van der Waals surface area contributed by atoms with Gasteiger partial charge in [0, 0.05) is 6.20 Å². The number of pyridine rings is 1. The van der Waals surface area contributed by atoms with Gasteiger partial charge in [0.25, 0.3) is 0 Å². The molecule has 96 valence electrons. The summed E-state index contributed by atoms with van der Waals surface area (Å²) in [6.07, 6.45) is 4.04. The largest absolute Gasteiger partial charge is 0.339 e. The van der Waals surface area contributed by atoms with Gasteiger partial charge in [0.15, 0.2) is 15.5 Å². The van der Waals surface area contributed by atoms with Crippen LogP contribution in [0.1, 0.15) is 35.9 Å². The summed E-state index contributed by atoms with van der Waals surface area (Å²) in [6, 6.07) is 1.89. The molecule has 1 N–H and O–H groups in total. The zero-order valence-corrected chi connectivity index (χ0v) is 11.0. The normalized spacial score (nSPS) is 23.3. The van der Waals surface area contributed by atoms with Gasteiger partial charge in [-0.3, -0.25) is 0 Å². The van der Waals surface area contributed by atoms with Gasteiger partial charge in [0.2, 0.25) is 0 Å². The fourth-order valence-electron chi connectivity index (χ4n) is 2.47. The Morgan fingerprint density at radius 1 is 1.39 bits per heavy atom. The molecule has 1 aliphatic rings. The van der Waals surface area contributed by atoms with Crippen molar-refractivity contribution in [3.8, 4) is 0 Å². The van der Waals surface area contributed by atoms with Gasteiger partial charge in [-0.1, -0.05) is 6.42 Å². The van der Waals surface area contributed by atoms with Crippen molar-refractivity contribution in [2.24, 2.45) is 0 Å². The van der Waals surface area contributed by atoms with Gasteiger partial charge >= 0.3 is 0 Å². The number of imidazole rings is 1. The fraction of sp³-hybridized carbons (Fsp3) is 0.500. The Balaban J connectivity index is 2.12. The molecule has 1 aliphatic heterocycles. The summed E-state index contributed by atoms with van der Waals surface area (Å²) in [4.78, 5) is 11.7. The average Bonchev–Trinajstić information content (AvgIpc) is 2.73. The van der Waals surface area contributed by atoms with Crippen LogP contribution in [0, 0.1) is 6.92 Å². The highest BCUT2D eigenvalue weighted by Crippen LogP contribution is 2.32. The fourth-order valence-corrected chi connectivity index (χ4v) is 4.34. The molecule has 0 amide bonds. The van der Waals surface area contributed by atoms with Crippen LogP contribution in [0.15, 0.2) is 12.3 Å². The molecule has 0 spiro atoms. The number of nitrogens with zero attached hydrogens (tertiary/aromatic N) is 2. The van der Waals surface area contributed by atoms with Crippen molar-refractivity contribution >= 4 is 21.0 Å². The molecule has 2 aromatic heterocycles. The minimum atomic E-state index is -3.06. The van der Waals surface area contributed by atoms with Crippen LogP contribution in [0.4, 0.5) is 0 Å². The monoisotopic (exact) mass is 265 g/mol. The van der Waals surface area contributed by atoms with Crippen molar-refractivity contribution in [3.63, 3.8) is 0 Å². The van der Waals surface area contributed by atoms with Gasteiger partial charge in [-0.05, 0) is 31.4 Å². The maximum atomic E-state index is 12.1. The lowest BCUT2D eigenvalue weighted by molar-refractivity contribution is 0.540. The topological polar surface area (TPSA) is 75.7 Å². The molecule has 1 atom stereocenters. The quantitative estimate of drug-likeness (QED) is 0.854.